The summed E-state index contributed by atoms with van der Waals surface area (Å²) in [4.78, 5) is 57.9. The fraction of sp³-hybridized carbons (Fsp3) is 0.188. The van der Waals surface area contributed by atoms with E-state index in [4.69, 9.17) is 18.9 Å². The number of benzene rings is 3. The van der Waals surface area contributed by atoms with Crippen molar-refractivity contribution in [2.24, 2.45) is 0 Å². The Balaban J connectivity index is 1.32. The molecule has 2 aliphatic rings. The summed E-state index contributed by atoms with van der Waals surface area (Å²) >= 11 is 0. The van der Waals surface area contributed by atoms with Crippen LogP contribution in [0.3, 0.4) is 0 Å². The molecule has 0 bridgehead atoms. The molecule has 1 aromatic heterocycles. The predicted molar refractivity (Wildman–Crippen MR) is 155 cm³/mol. The van der Waals surface area contributed by atoms with Crippen LogP contribution in [0, 0.1) is 0 Å². The van der Waals surface area contributed by atoms with E-state index in [2.05, 4.69) is 15.4 Å². The summed E-state index contributed by atoms with van der Waals surface area (Å²) in [7, 11) is 0. The number of nitrogens with one attached hydrogen (secondary N) is 1. The Hall–Kier alpha value is -5.82. The molecule has 0 saturated carbocycles. The van der Waals surface area contributed by atoms with Gasteiger partial charge in [-0.25, -0.2) is 28.8 Å². The molecule has 3 heterocycles. The zero-order valence-electron chi connectivity index (χ0n) is 23.6. The summed E-state index contributed by atoms with van der Waals surface area (Å²) in [5.41, 5.74) is 0.767. The molecule has 0 aliphatic carbocycles. The van der Waals surface area contributed by atoms with Crippen LogP contribution in [-0.2, 0) is 18.9 Å². The highest BCUT2D eigenvalue weighted by Gasteiger charge is 2.54. The molecule has 228 valence electrons. The summed E-state index contributed by atoms with van der Waals surface area (Å²) in [6, 6.07) is 24.1. The van der Waals surface area contributed by atoms with Crippen molar-refractivity contribution in [3.8, 4) is 0 Å². The van der Waals surface area contributed by atoms with Crippen molar-refractivity contribution >= 4 is 23.9 Å². The first-order chi connectivity index (χ1) is 22.0. The zero-order valence-corrected chi connectivity index (χ0v) is 23.6. The van der Waals surface area contributed by atoms with Crippen LogP contribution in [0.1, 0.15) is 37.2 Å². The number of carbonyl (C=O) groups excluding carboxylic acids is 4. The van der Waals surface area contributed by atoms with E-state index in [1.165, 1.54) is 28.4 Å². The molecule has 0 radical (unpaired) electrons. The number of carbonyl (C=O) groups is 4. The van der Waals surface area contributed by atoms with Gasteiger partial charge in [-0.3, -0.25) is 4.90 Å². The molecular weight excluding hydrogens is 583 g/mol. The monoisotopic (exact) mass is 610 g/mol. The minimum atomic E-state index is -1.33. The van der Waals surface area contributed by atoms with Gasteiger partial charge in [0, 0.05) is 6.20 Å². The smallest absolute Gasteiger partial charge is 0.338 e. The third-order valence-corrected chi connectivity index (χ3v) is 7.11. The van der Waals surface area contributed by atoms with Gasteiger partial charge in [-0.2, -0.15) is 5.10 Å². The average molecular weight is 611 g/mol. The van der Waals surface area contributed by atoms with Crippen LogP contribution in [0.15, 0.2) is 116 Å². The van der Waals surface area contributed by atoms with Crippen LogP contribution in [-0.4, -0.2) is 74.8 Å². The number of rotatable bonds is 9. The number of hydrogen-bond acceptors (Lipinski definition) is 10. The Labute approximate surface area is 257 Å². The molecule has 45 heavy (non-hydrogen) atoms. The predicted octanol–water partition coefficient (Wildman–Crippen LogP) is 3.35. The van der Waals surface area contributed by atoms with E-state index in [1.54, 1.807) is 97.1 Å². The zero-order chi connectivity index (χ0) is 31.2. The second-order valence-corrected chi connectivity index (χ2v) is 10.0. The molecule has 2 aliphatic heterocycles. The topological polar surface area (TPSA) is 151 Å². The summed E-state index contributed by atoms with van der Waals surface area (Å²) < 4.78 is 25.0. The second-order valence-electron chi connectivity index (χ2n) is 10.0. The normalized spacial score (nSPS) is 22.4. The van der Waals surface area contributed by atoms with Gasteiger partial charge in [0.1, 0.15) is 31.5 Å². The number of aromatic nitrogens is 3. The molecule has 0 spiro atoms. The fourth-order valence-corrected chi connectivity index (χ4v) is 4.89. The molecule has 6 rings (SSSR count). The molecule has 2 amide bonds. The Morgan fingerprint density at radius 3 is 1.87 bits per heavy atom. The Bertz CT molecular complexity index is 1670. The van der Waals surface area contributed by atoms with Crippen molar-refractivity contribution in [3.63, 3.8) is 0 Å². The van der Waals surface area contributed by atoms with Crippen molar-refractivity contribution in [1.82, 2.24) is 25.0 Å². The van der Waals surface area contributed by atoms with E-state index in [-0.39, 0.29) is 17.7 Å². The van der Waals surface area contributed by atoms with Gasteiger partial charge >= 0.3 is 23.9 Å². The standard InChI is InChI=1S/C32H27N5O8/c38-29(21-10-4-1-5-11-21)42-18-24-26(44-30(39)22-12-6-2-7-13-22)27(45-31(40)23-14-8-3-9-15-23)28(43-24)36-17-16-25(35-32(36)41)37-20-33-19-34-37/h1-17,19-20,24-28H,18H2,(H,35,41)/i17+1. The van der Waals surface area contributed by atoms with Gasteiger partial charge < -0.3 is 24.3 Å². The van der Waals surface area contributed by atoms with Crippen molar-refractivity contribution in [2.75, 3.05) is 6.61 Å². The number of nitrogens with zero attached hydrogens (tertiary/aromatic N) is 4. The lowest BCUT2D eigenvalue weighted by Crippen LogP contribution is -2.53. The molecule has 1 N–H and O–H groups in total. The van der Waals surface area contributed by atoms with Crippen molar-refractivity contribution in [2.45, 2.75) is 30.7 Å². The highest BCUT2D eigenvalue weighted by molar-refractivity contribution is 5.91. The first-order valence-electron chi connectivity index (χ1n) is 14.0. The second kappa shape index (κ2) is 13.2. The van der Waals surface area contributed by atoms with Crippen LogP contribution in [0.4, 0.5) is 4.79 Å². The van der Waals surface area contributed by atoms with E-state index in [0.29, 0.717) is 5.56 Å². The maximum Gasteiger partial charge on any atom is 0.338 e. The lowest BCUT2D eigenvalue weighted by Gasteiger charge is -2.33. The Morgan fingerprint density at radius 2 is 1.33 bits per heavy atom. The number of esters is 3. The molecule has 4 aromatic rings. The minimum Gasteiger partial charge on any atom is -0.459 e. The van der Waals surface area contributed by atoms with Gasteiger partial charge in [-0.15, -0.1) is 0 Å². The summed E-state index contributed by atoms with van der Waals surface area (Å²) in [6.45, 7) is -0.378. The minimum absolute atomic E-state index is 0.230. The van der Waals surface area contributed by atoms with Crippen LogP contribution in [0.2, 0.25) is 0 Å². The quantitative estimate of drug-likeness (QED) is 0.170. The highest BCUT2D eigenvalue weighted by Crippen LogP contribution is 2.32. The van der Waals surface area contributed by atoms with E-state index in [1.807, 2.05) is 0 Å². The van der Waals surface area contributed by atoms with Gasteiger partial charge in [0.15, 0.2) is 18.4 Å². The van der Waals surface area contributed by atoms with Gasteiger partial charge in [0.25, 0.3) is 0 Å². The first kappa shape index (κ1) is 29.3. The lowest BCUT2D eigenvalue weighted by molar-refractivity contribution is -0.0738. The average Bonchev–Trinajstić information content (AvgIpc) is 3.74. The largest absolute Gasteiger partial charge is 0.459 e. The first-order valence-corrected chi connectivity index (χ1v) is 14.0. The Kier molecular flexibility index (Phi) is 8.60. The molecule has 1 saturated heterocycles. The van der Waals surface area contributed by atoms with Crippen molar-refractivity contribution in [1.29, 1.82) is 0 Å². The van der Waals surface area contributed by atoms with E-state index in [0.717, 1.165) is 0 Å². The van der Waals surface area contributed by atoms with Crippen LogP contribution in [0.5, 0.6) is 0 Å². The molecule has 1 fully saturated rings. The molecule has 13 nitrogen and oxygen atoms in total. The number of hydrogen-bond donors (Lipinski definition) is 1. The number of amides is 2. The van der Waals surface area contributed by atoms with Gasteiger partial charge in [0.05, 0.1) is 16.7 Å². The van der Waals surface area contributed by atoms with Crippen molar-refractivity contribution < 1.29 is 38.1 Å². The maximum absolute atomic E-state index is 13.4. The third-order valence-electron chi connectivity index (χ3n) is 7.11. The van der Waals surface area contributed by atoms with Gasteiger partial charge in [-0.1, -0.05) is 54.6 Å². The molecule has 5 atom stereocenters. The number of urea groups is 1. The van der Waals surface area contributed by atoms with E-state index < -0.39 is 54.6 Å². The molecular formula is C32H27N5O8. The Morgan fingerprint density at radius 1 is 0.778 bits per heavy atom. The van der Waals surface area contributed by atoms with Crippen LogP contribution in [0.25, 0.3) is 0 Å². The highest BCUT2D eigenvalue weighted by atomic mass is 16.7. The molecule has 5 unspecified atom stereocenters. The van der Waals surface area contributed by atoms with E-state index >= 15 is 0 Å². The van der Waals surface area contributed by atoms with Gasteiger partial charge in [-0.05, 0) is 42.5 Å². The van der Waals surface area contributed by atoms with Crippen LogP contribution < -0.4 is 5.32 Å². The summed E-state index contributed by atoms with van der Waals surface area (Å²) in [6.07, 6.45) is 0.194. The molecule has 3 aromatic carbocycles. The van der Waals surface area contributed by atoms with Gasteiger partial charge in [0.2, 0.25) is 0 Å². The van der Waals surface area contributed by atoms with E-state index in [9.17, 15) is 19.2 Å². The number of ether oxygens (including phenoxy) is 4. The van der Waals surface area contributed by atoms with Crippen molar-refractivity contribution in [3.05, 3.63) is 133 Å². The summed E-state index contributed by atoms with van der Waals surface area (Å²) in [5, 5.41) is 6.82. The molecule has 13 heteroatoms. The van der Waals surface area contributed by atoms with Crippen LogP contribution >= 0.6 is 0 Å². The fourth-order valence-electron chi connectivity index (χ4n) is 4.89. The summed E-state index contributed by atoms with van der Waals surface area (Å²) in [5.74, 6) is -2.10. The third kappa shape index (κ3) is 6.58. The SMILES string of the molecule is O=C(OCC1OC(N2[13CH]=CC(n3cncn3)NC2=O)C(OC(=O)c2ccccc2)C1OC(=O)c1ccccc1)c1ccccc1. The lowest BCUT2D eigenvalue weighted by atomic mass is 10.1. The maximum atomic E-state index is 13.4.